The number of ether oxygens (including phenoxy) is 1. The Balaban J connectivity index is 2.02. The van der Waals surface area contributed by atoms with Gasteiger partial charge >= 0.3 is 6.01 Å². The van der Waals surface area contributed by atoms with E-state index < -0.39 is 0 Å². The second-order valence-electron chi connectivity index (χ2n) is 6.39. The molecule has 1 amide bonds. The summed E-state index contributed by atoms with van der Waals surface area (Å²) in [5, 5.41) is 11.1. The van der Waals surface area contributed by atoms with Crippen LogP contribution in [0.25, 0.3) is 10.9 Å². The first-order valence-electron chi connectivity index (χ1n) is 8.54. The quantitative estimate of drug-likeness (QED) is 0.605. The Bertz CT molecular complexity index is 981. The molecular weight excluding hydrogens is 346 g/mol. The zero-order valence-electron chi connectivity index (χ0n) is 15.8. The van der Waals surface area contributed by atoms with Crippen LogP contribution in [0, 0.1) is 6.92 Å². The molecule has 0 aliphatic rings. The number of carbonyl (C=O) groups is 1. The Kier molecular flexibility index (Phi) is 5.22. The lowest BCUT2D eigenvalue weighted by molar-refractivity contribution is 0.102. The van der Waals surface area contributed by atoms with E-state index in [0.717, 1.165) is 11.4 Å². The number of nitrogens with one attached hydrogen (secondary N) is 2. The molecule has 0 aliphatic carbocycles. The Morgan fingerprint density at radius 3 is 2.78 bits per heavy atom. The highest BCUT2D eigenvalue weighted by atomic mass is 16.5. The van der Waals surface area contributed by atoms with Crippen LogP contribution in [0.3, 0.4) is 0 Å². The highest BCUT2D eigenvalue weighted by Crippen LogP contribution is 2.27. The van der Waals surface area contributed by atoms with E-state index in [1.54, 1.807) is 30.2 Å². The predicted octanol–water partition coefficient (Wildman–Crippen LogP) is 1.69. The Labute approximate surface area is 156 Å². The lowest BCUT2D eigenvalue weighted by Gasteiger charge is -2.14. The van der Waals surface area contributed by atoms with Crippen LogP contribution in [0.4, 0.5) is 11.4 Å². The summed E-state index contributed by atoms with van der Waals surface area (Å²) < 4.78 is 6.78. The second-order valence-corrected chi connectivity index (χ2v) is 6.39. The summed E-state index contributed by atoms with van der Waals surface area (Å²) in [5.74, 6) is -0.282. The molecule has 1 atom stereocenters. The number of amides is 1. The average Bonchev–Trinajstić information content (AvgIpc) is 2.95. The van der Waals surface area contributed by atoms with Crippen molar-refractivity contribution >= 4 is 28.2 Å². The van der Waals surface area contributed by atoms with E-state index in [9.17, 15) is 4.79 Å². The van der Waals surface area contributed by atoms with Gasteiger partial charge in [-0.15, -0.1) is 0 Å². The van der Waals surface area contributed by atoms with Gasteiger partial charge in [-0.3, -0.25) is 9.48 Å². The van der Waals surface area contributed by atoms with Crippen LogP contribution in [-0.4, -0.2) is 45.4 Å². The fraction of sp³-hybridized carbons (Fsp3) is 0.333. The molecule has 0 fully saturated rings. The largest absolute Gasteiger partial charge is 0.467 e. The number of aryl methyl sites for hydroxylation is 2. The average molecular weight is 369 g/mol. The van der Waals surface area contributed by atoms with Crippen LogP contribution in [0.15, 0.2) is 24.5 Å². The number of nitrogens with two attached hydrogens (primary N) is 1. The summed E-state index contributed by atoms with van der Waals surface area (Å²) >= 11 is 0. The fourth-order valence-corrected chi connectivity index (χ4v) is 2.72. The highest BCUT2D eigenvalue weighted by molar-refractivity contribution is 6.13. The van der Waals surface area contributed by atoms with Crippen molar-refractivity contribution in [1.82, 2.24) is 19.7 Å². The van der Waals surface area contributed by atoms with E-state index in [-0.39, 0.29) is 18.0 Å². The third-order valence-corrected chi connectivity index (χ3v) is 4.03. The summed E-state index contributed by atoms with van der Waals surface area (Å²) in [7, 11) is 3.28. The Hall–Kier alpha value is -3.20. The third kappa shape index (κ3) is 3.98. The molecule has 142 valence electrons. The predicted molar refractivity (Wildman–Crippen MR) is 104 cm³/mol. The van der Waals surface area contributed by atoms with Gasteiger partial charge in [0.15, 0.2) is 0 Å². The number of benzene rings is 1. The SMILES string of the molecule is COc1ncc2c(NC[C@H](C)N)ccc(C(=O)Nc3cn(C)nc3C)c2n1. The molecule has 3 rings (SSSR count). The molecule has 0 saturated carbocycles. The monoisotopic (exact) mass is 369 g/mol. The van der Waals surface area contributed by atoms with Crippen LogP contribution in [0.2, 0.25) is 0 Å². The molecule has 2 aromatic heterocycles. The molecule has 0 radical (unpaired) electrons. The van der Waals surface area contributed by atoms with Gasteiger partial charge in [0.25, 0.3) is 5.91 Å². The van der Waals surface area contributed by atoms with E-state index in [4.69, 9.17) is 10.5 Å². The first-order valence-corrected chi connectivity index (χ1v) is 8.54. The Morgan fingerprint density at radius 1 is 1.37 bits per heavy atom. The topological polar surface area (TPSA) is 120 Å². The zero-order chi connectivity index (χ0) is 19.6. The van der Waals surface area contributed by atoms with Gasteiger partial charge in [0.2, 0.25) is 0 Å². The number of aromatic nitrogens is 4. The number of hydrogen-bond donors (Lipinski definition) is 3. The Morgan fingerprint density at radius 2 is 2.15 bits per heavy atom. The maximum Gasteiger partial charge on any atom is 0.316 e. The minimum absolute atomic E-state index is 0.0178. The van der Waals surface area contributed by atoms with Crippen molar-refractivity contribution in [3.63, 3.8) is 0 Å². The first kappa shape index (κ1) is 18.6. The lowest BCUT2D eigenvalue weighted by atomic mass is 10.1. The minimum Gasteiger partial charge on any atom is -0.467 e. The summed E-state index contributed by atoms with van der Waals surface area (Å²) in [5.41, 5.74) is 8.92. The van der Waals surface area contributed by atoms with Gasteiger partial charge in [-0.25, -0.2) is 4.98 Å². The van der Waals surface area contributed by atoms with Crippen molar-refractivity contribution < 1.29 is 9.53 Å². The van der Waals surface area contributed by atoms with E-state index >= 15 is 0 Å². The van der Waals surface area contributed by atoms with Gasteiger partial charge < -0.3 is 21.1 Å². The van der Waals surface area contributed by atoms with Crippen LogP contribution < -0.4 is 21.1 Å². The number of hydrogen-bond acceptors (Lipinski definition) is 7. The molecular formula is C18H23N7O2. The number of methoxy groups -OCH3 is 1. The zero-order valence-corrected chi connectivity index (χ0v) is 15.8. The van der Waals surface area contributed by atoms with Crippen molar-refractivity contribution in [3.05, 3.63) is 35.8 Å². The van der Waals surface area contributed by atoms with Crippen molar-refractivity contribution in [3.8, 4) is 6.01 Å². The molecule has 3 aromatic rings. The number of nitrogens with zero attached hydrogens (tertiary/aromatic N) is 4. The molecule has 0 spiro atoms. The van der Waals surface area contributed by atoms with E-state index in [1.807, 2.05) is 19.9 Å². The smallest absolute Gasteiger partial charge is 0.316 e. The molecule has 27 heavy (non-hydrogen) atoms. The molecule has 0 aliphatic heterocycles. The van der Waals surface area contributed by atoms with Crippen molar-refractivity contribution in [2.45, 2.75) is 19.9 Å². The molecule has 0 bridgehead atoms. The molecule has 9 heteroatoms. The maximum absolute atomic E-state index is 12.9. The summed E-state index contributed by atoms with van der Waals surface area (Å²) in [4.78, 5) is 21.4. The van der Waals surface area contributed by atoms with Gasteiger partial charge in [-0.05, 0) is 26.0 Å². The number of rotatable bonds is 6. The minimum atomic E-state index is -0.282. The summed E-state index contributed by atoms with van der Waals surface area (Å²) in [6, 6.07) is 3.72. The lowest BCUT2D eigenvalue weighted by Crippen LogP contribution is -2.25. The first-order chi connectivity index (χ1) is 12.9. The molecule has 0 unspecified atom stereocenters. The van der Waals surface area contributed by atoms with Crippen LogP contribution in [-0.2, 0) is 7.05 Å². The summed E-state index contributed by atoms with van der Waals surface area (Å²) in [6.07, 6.45) is 3.39. The standard InChI is InChI=1S/C18H23N7O2/c1-10(19)7-20-14-6-5-12(16-13(14)8-21-18(23-16)27-4)17(26)22-15-9-25(3)24-11(15)2/h5-6,8-10,20H,7,19H2,1-4H3,(H,22,26)/t10-/m0/s1. The normalized spacial score (nSPS) is 12.0. The molecule has 2 heterocycles. The van der Waals surface area contributed by atoms with Crippen LogP contribution >= 0.6 is 0 Å². The molecule has 1 aromatic carbocycles. The number of anilines is 2. The van der Waals surface area contributed by atoms with Crippen molar-refractivity contribution in [2.75, 3.05) is 24.3 Å². The third-order valence-electron chi connectivity index (χ3n) is 4.03. The molecule has 9 nitrogen and oxygen atoms in total. The van der Waals surface area contributed by atoms with Gasteiger partial charge in [-0.2, -0.15) is 10.1 Å². The van der Waals surface area contributed by atoms with Gasteiger partial charge in [0, 0.05) is 43.1 Å². The van der Waals surface area contributed by atoms with Crippen molar-refractivity contribution in [2.24, 2.45) is 12.8 Å². The van der Waals surface area contributed by atoms with Gasteiger partial charge in [0.1, 0.15) is 0 Å². The van der Waals surface area contributed by atoms with Gasteiger partial charge in [-0.1, -0.05) is 0 Å². The molecule has 0 saturated heterocycles. The van der Waals surface area contributed by atoms with Gasteiger partial charge in [0.05, 0.1) is 29.6 Å². The summed E-state index contributed by atoms with van der Waals surface area (Å²) in [6.45, 7) is 4.33. The molecule has 4 N–H and O–H groups in total. The van der Waals surface area contributed by atoms with Crippen LogP contribution in [0.1, 0.15) is 23.0 Å². The number of fused-ring (bicyclic) bond motifs is 1. The van der Waals surface area contributed by atoms with E-state index in [0.29, 0.717) is 28.7 Å². The fourth-order valence-electron chi connectivity index (χ4n) is 2.72. The number of carbonyl (C=O) groups excluding carboxylic acids is 1. The van der Waals surface area contributed by atoms with E-state index in [2.05, 4.69) is 25.7 Å². The van der Waals surface area contributed by atoms with E-state index in [1.165, 1.54) is 7.11 Å². The van der Waals surface area contributed by atoms with Crippen molar-refractivity contribution in [1.29, 1.82) is 0 Å². The highest BCUT2D eigenvalue weighted by Gasteiger charge is 2.17. The second kappa shape index (κ2) is 7.58. The van der Waals surface area contributed by atoms with Crippen LogP contribution in [0.5, 0.6) is 6.01 Å². The maximum atomic E-state index is 12.9.